The minimum Gasteiger partial charge on any atom is -0.326 e. The summed E-state index contributed by atoms with van der Waals surface area (Å²) in [6.45, 7) is 1.54. The molecule has 0 saturated heterocycles. The van der Waals surface area contributed by atoms with Crippen LogP contribution in [0.4, 0.5) is 0 Å². The first kappa shape index (κ1) is 9.23. The summed E-state index contributed by atoms with van der Waals surface area (Å²) in [5.41, 5.74) is 8.07. The standard InChI is InChI=1S/C10H15N2/c1-12(2)8-10-6-4-3-5-9(10)7-11/h3,5-6H,7-8,11H2,1-2H3. The van der Waals surface area contributed by atoms with Crippen molar-refractivity contribution >= 4 is 0 Å². The molecule has 0 bridgehead atoms. The Morgan fingerprint density at radius 3 is 2.75 bits per heavy atom. The fourth-order valence-corrected chi connectivity index (χ4v) is 1.18. The van der Waals surface area contributed by atoms with Gasteiger partial charge in [0.25, 0.3) is 0 Å². The Bertz CT molecular complexity index is 243. The molecule has 0 atom stereocenters. The van der Waals surface area contributed by atoms with E-state index in [0.29, 0.717) is 6.54 Å². The van der Waals surface area contributed by atoms with Gasteiger partial charge >= 0.3 is 0 Å². The van der Waals surface area contributed by atoms with E-state index in [1.807, 2.05) is 32.3 Å². The third-order valence-corrected chi connectivity index (χ3v) is 1.76. The first-order valence-electron chi connectivity index (χ1n) is 4.06. The van der Waals surface area contributed by atoms with Gasteiger partial charge in [-0.3, -0.25) is 0 Å². The highest BCUT2D eigenvalue weighted by Gasteiger charge is 1.99. The predicted octanol–water partition coefficient (Wildman–Crippen LogP) is 1.01. The molecule has 0 spiro atoms. The van der Waals surface area contributed by atoms with Crippen LogP contribution in [0, 0.1) is 6.07 Å². The lowest BCUT2D eigenvalue weighted by Gasteiger charge is -2.12. The van der Waals surface area contributed by atoms with Crippen LogP contribution in [0.5, 0.6) is 0 Å². The highest BCUT2D eigenvalue weighted by molar-refractivity contribution is 5.25. The first-order chi connectivity index (χ1) is 5.74. The number of nitrogens with zero attached hydrogens (tertiary/aromatic N) is 1. The average Bonchev–Trinajstić information content (AvgIpc) is 2.04. The summed E-state index contributed by atoms with van der Waals surface area (Å²) in [7, 11) is 4.10. The van der Waals surface area contributed by atoms with E-state index < -0.39 is 0 Å². The lowest BCUT2D eigenvalue weighted by molar-refractivity contribution is 0.401. The SMILES string of the molecule is CN(C)Cc1c[c]ccc1CN. The molecule has 0 amide bonds. The zero-order valence-electron chi connectivity index (χ0n) is 7.67. The van der Waals surface area contributed by atoms with Crippen LogP contribution in [0.25, 0.3) is 0 Å². The molecule has 1 rings (SSSR count). The van der Waals surface area contributed by atoms with Crippen LogP contribution < -0.4 is 5.73 Å². The quantitative estimate of drug-likeness (QED) is 0.720. The maximum absolute atomic E-state index is 5.59. The Labute approximate surface area is 74.0 Å². The smallest absolute Gasteiger partial charge is 0.0231 e. The van der Waals surface area contributed by atoms with Crippen molar-refractivity contribution in [2.75, 3.05) is 14.1 Å². The molecule has 0 saturated carbocycles. The van der Waals surface area contributed by atoms with Gasteiger partial charge < -0.3 is 10.6 Å². The van der Waals surface area contributed by atoms with Crippen LogP contribution in [-0.4, -0.2) is 19.0 Å². The zero-order valence-corrected chi connectivity index (χ0v) is 7.67. The summed E-state index contributed by atoms with van der Waals surface area (Å²) in [5, 5.41) is 0. The van der Waals surface area contributed by atoms with Gasteiger partial charge in [0.1, 0.15) is 0 Å². The van der Waals surface area contributed by atoms with Crippen molar-refractivity contribution in [2.24, 2.45) is 5.73 Å². The number of benzene rings is 1. The summed E-state index contributed by atoms with van der Waals surface area (Å²) in [5.74, 6) is 0. The van der Waals surface area contributed by atoms with Crippen molar-refractivity contribution < 1.29 is 0 Å². The van der Waals surface area contributed by atoms with Gasteiger partial charge in [-0.2, -0.15) is 0 Å². The molecular weight excluding hydrogens is 148 g/mol. The monoisotopic (exact) mass is 163 g/mol. The number of hydrogen-bond acceptors (Lipinski definition) is 2. The van der Waals surface area contributed by atoms with Crippen LogP contribution in [0.1, 0.15) is 11.1 Å². The molecule has 0 fully saturated rings. The van der Waals surface area contributed by atoms with Crippen molar-refractivity contribution in [1.29, 1.82) is 0 Å². The molecule has 0 heterocycles. The van der Waals surface area contributed by atoms with E-state index in [9.17, 15) is 0 Å². The third kappa shape index (κ3) is 2.32. The second-order valence-electron chi connectivity index (χ2n) is 3.14. The van der Waals surface area contributed by atoms with Crippen molar-refractivity contribution in [3.8, 4) is 0 Å². The van der Waals surface area contributed by atoms with Gasteiger partial charge in [0, 0.05) is 13.1 Å². The normalized spacial score (nSPS) is 10.7. The molecule has 1 aromatic carbocycles. The molecule has 0 aliphatic heterocycles. The van der Waals surface area contributed by atoms with E-state index in [2.05, 4.69) is 11.0 Å². The van der Waals surface area contributed by atoms with Gasteiger partial charge in [0.05, 0.1) is 0 Å². The van der Waals surface area contributed by atoms with Crippen molar-refractivity contribution in [1.82, 2.24) is 4.90 Å². The van der Waals surface area contributed by atoms with Crippen molar-refractivity contribution in [2.45, 2.75) is 13.1 Å². The summed E-state index contributed by atoms with van der Waals surface area (Å²) >= 11 is 0. The van der Waals surface area contributed by atoms with E-state index in [-0.39, 0.29) is 0 Å². The van der Waals surface area contributed by atoms with Gasteiger partial charge in [-0.05, 0) is 37.4 Å². The van der Waals surface area contributed by atoms with Gasteiger partial charge in [0.2, 0.25) is 0 Å². The Balaban J connectivity index is 2.82. The van der Waals surface area contributed by atoms with Crippen LogP contribution >= 0.6 is 0 Å². The summed E-state index contributed by atoms with van der Waals surface area (Å²) in [6.07, 6.45) is 0. The summed E-state index contributed by atoms with van der Waals surface area (Å²) in [4.78, 5) is 2.13. The van der Waals surface area contributed by atoms with Crippen LogP contribution in [0.15, 0.2) is 18.2 Å². The van der Waals surface area contributed by atoms with Crippen LogP contribution in [0.2, 0.25) is 0 Å². The molecular formula is C10H15N2. The summed E-state index contributed by atoms with van der Waals surface area (Å²) < 4.78 is 0. The fraction of sp³-hybridized carbons (Fsp3) is 0.400. The maximum atomic E-state index is 5.59. The van der Waals surface area contributed by atoms with Gasteiger partial charge in [-0.15, -0.1) is 0 Å². The Morgan fingerprint density at radius 2 is 2.17 bits per heavy atom. The maximum Gasteiger partial charge on any atom is 0.0231 e. The minimum atomic E-state index is 0.609. The largest absolute Gasteiger partial charge is 0.326 e. The Morgan fingerprint density at radius 1 is 1.42 bits per heavy atom. The number of rotatable bonds is 3. The van der Waals surface area contributed by atoms with Crippen LogP contribution in [0.3, 0.4) is 0 Å². The molecule has 2 N–H and O–H groups in total. The third-order valence-electron chi connectivity index (χ3n) is 1.76. The first-order valence-corrected chi connectivity index (χ1v) is 4.06. The Kier molecular flexibility index (Phi) is 3.26. The molecule has 1 radical (unpaired) electrons. The topological polar surface area (TPSA) is 29.3 Å². The second-order valence-corrected chi connectivity index (χ2v) is 3.14. The molecule has 0 aliphatic rings. The Hall–Kier alpha value is -0.860. The van der Waals surface area contributed by atoms with Crippen molar-refractivity contribution in [3.05, 3.63) is 35.4 Å². The highest BCUT2D eigenvalue weighted by atomic mass is 15.0. The van der Waals surface area contributed by atoms with Gasteiger partial charge in [-0.1, -0.05) is 12.1 Å². The second kappa shape index (κ2) is 4.24. The molecule has 1 aromatic rings. The molecule has 0 unspecified atom stereocenters. The minimum absolute atomic E-state index is 0.609. The van der Waals surface area contributed by atoms with Crippen molar-refractivity contribution in [3.63, 3.8) is 0 Å². The van der Waals surface area contributed by atoms with E-state index in [1.165, 1.54) is 11.1 Å². The lowest BCUT2D eigenvalue weighted by Crippen LogP contribution is -2.13. The molecule has 0 aromatic heterocycles. The molecule has 12 heavy (non-hydrogen) atoms. The molecule has 0 aliphatic carbocycles. The lowest BCUT2D eigenvalue weighted by atomic mass is 10.1. The van der Waals surface area contributed by atoms with E-state index in [0.717, 1.165) is 6.54 Å². The van der Waals surface area contributed by atoms with E-state index >= 15 is 0 Å². The molecule has 2 nitrogen and oxygen atoms in total. The van der Waals surface area contributed by atoms with Gasteiger partial charge in [0.15, 0.2) is 0 Å². The molecule has 2 heteroatoms. The average molecular weight is 163 g/mol. The zero-order chi connectivity index (χ0) is 8.97. The highest BCUT2D eigenvalue weighted by Crippen LogP contribution is 2.08. The molecule has 65 valence electrons. The fourth-order valence-electron chi connectivity index (χ4n) is 1.18. The van der Waals surface area contributed by atoms with Crippen LogP contribution in [-0.2, 0) is 13.1 Å². The van der Waals surface area contributed by atoms with E-state index in [1.54, 1.807) is 0 Å². The predicted molar refractivity (Wildman–Crippen MR) is 50.6 cm³/mol. The van der Waals surface area contributed by atoms with E-state index in [4.69, 9.17) is 5.73 Å². The summed E-state index contributed by atoms with van der Waals surface area (Å²) in [6, 6.07) is 8.99. The van der Waals surface area contributed by atoms with Gasteiger partial charge in [-0.25, -0.2) is 0 Å². The number of hydrogen-bond donors (Lipinski definition) is 1. The number of nitrogens with two attached hydrogens (primary N) is 1.